The van der Waals surface area contributed by atoms with E-state index < -0.39 is 11.7 Å². The van der Waals surface area contributed by atoms with E-state index in [4.69, 9.17) is 4.42 Å². The van der Waals surface area contributed by atoms with Gasteiger partial charge in [-0.05, 0) is 66.7 Å². The van der Waals surface area contributed by atoms with Crippen molar-refractivity contribution in [3.05, 3.63) is 217 Å². The second kappa shape index (κ2) is 14.8. The maximum atomic E-state index is 15.3. The van der Waals surface area contributed by atoms with Gasteiger partial charge in [0.05, 0.1) is 77.8 Å². The van der Waals surface area contributed by atoms with Gasteiger partial charge in [-0.3, -0.25) is 0 Å². The van der Waals surface area contributed by atoms with Crippen LogP contribution in [0.1, 0.15) is 16.7 Å². The van der Waals surface area contributed by atoms with Crippen LogP contribution in [0.2, 0.25) is 0 Å². The predicted octanol–water partition coefficient (Wildman–Crippen LogP) is 16.7. The van der Waals surface area contributed by atoms with Gasteiger partial charge in [0.15, 0.2) is 0 Å². The van der Waals surface area contributed by atoms with Gasteiger partial charge in [-0.15, -0.1) is 0 Å². The van der Waals surface area contributed by atoms with Crippen LogP contribution in [0.3, 0.4) is 0 Å². The highest BCUT2D eigenvalue weighted by Gasteiger charge is 2.36. The number of halogens is 3. The van der Waals surface area contributed by atoms with E-state index in [1.807, 2.05) is 174 Å². The smallest absolute Gasteiger partial charge is 0.416 e. The van der Waals surface area contributed by atoms with E-state index in [0.29, 0.717) is 44.5 Å². The summed E-state index contributed by atoms with van der Waals surface area (Å²) < 4.78 is 60.5. The molecule has 342 valence electrons. The Morgan fingerprint density at radius 3 is 1.07 bits per heavy atom. The third kappa shape index (κ3) is 5.41. The number of hydrogen-bond donors (Lipinski definition) is 0. The summed E-state index contributed by atoms with van der Waals surface area (Å²) in [4.78, 5) is 0. The molecule has 15 aromatic rings. The number of aromatic nitrogens is 4. The average molecular weight is 947 g/mol. The highest BCUT2D eigenvalue weighted by atomic mass is 19.4. The van der Waals surface area contributed by atoms with Gasteiger partial charge >= 0.3 is 6.18 Å². The first-order valence-corrected chi connectivity index (χ1v) is 23.8. The van der Waals surface area contributed by atoms with Gasteiger partial charge in [0.25, 0.3) is 0 Å². The van der Waals surface area contributed by atoms with Crippen molar-refractivity contribution in [3.8, 4) is 34.9 Å². The summed E-state index contributed by atoms with van der Waals surface area (Å²) in [5, 5.41) is 33.2. The molecule has 10 heteroatoms. The molecule has 0 aliphatic carbocycles. The van der Waals surface area contributed by atoms with Gasteiger partial charge < -0.3 is 22.7 Å². The Hall–Kier alpha value is -10.0. The molecule has 10 aromatic carbocycles. The number of fused-ring (bicyclic) bond motifs is 16. The number of alkyl halides is 3. The number of benzene rings is 10. The normalized spacial score (nSPS) is 12.3. The van der Waals surface area contributed by atoms with Crippen molar-refractivity contribution in [1.82, 2.24) is 18.3 Å². The Bertz CT molecular complexity index is 4850. The van der Waals surface area contributed by atoms with Gasteiger partial charge in [0.2, 0.25) is 0 Å². The summed E-state index contributed by atoms with van der Waals surface area (Å²) in [5.41, 5.74) is 7.19. The molecule has 0 aliphatic rings. The van der Waals surface area contributed by atoms with Crippen molar-refractivity contribution < 1.29 is 17.6 Å². The molecule has 0 aliphatic heterocycles. The molecule has 7 nitrogen and oxygen atoms in total. The number of para-hydroxylation sites is 7. The fourth-order valence-corrected chi connectivity index (χ4v) is 12.0. The standard InChI is InChI=1S/C63H33F3N6O/c64-63(65,66)36-29-30-45-55(33-36)72(54-32-31-44-43-21-7-14-28-56(43)73-62(44)57(45)54)61-47(35-68)59(70-50-24-10-3-17-39(50)40-18-4-11-25-51(40)70)58(69-48-22-8-1-15-37(48)38-16-2-9-23-49(38)69)46(34-67)60(61)71-52-26-12-5-19-41(52)42-20-6-13-27-53(42)71/h1-33H. The molecule has 0 amide bonds. The first-order valence-electron chi connectivity index (χ1n) is 23.8. The Balaban J connectivity index is 1.28. The van der Waals surface area contributed by atoms with Crippen molar-refractivity contribution in [2.24, 2.45) is 0 Å². The quantitative estimate of drug-likeness (QED) is 0.176. The highest BCUT2D eigenvalue weighted by Crippen LogP contribution is 2.50. The van der Waals surface area contributed by atoms with E-state index >= 15 is 13.2 Å². The molecule has 0 unspecified atom stereocenters. The lowest BCUT2D eigenvalue weighted by atomic mass is 9.98. The van der Waals surface area contributed by atoms with Crippen LogP contribution < -0.4 is 0 Å². The first kappa shape index (κ1) is 40.8. The second-order valence-corrected chi connectivity index (χ2v) is 18.5. The van der Waals surface area contributed by atoms with Crippen LogP contribution in [-0.4, -0.2) is 18.3 Å². The first-order chi connectivity index (χ1) is 35.8. The van der Waals surface area contributed by atoms with Crippen LogP contribution in [0.25, 0.3) is 132 Å². The molecule has 5 aromatic heterocycles. The van der Waals surface area contributed by atoms with Crippen LogP contribution in [0.15, 0.2) is 205 Å². The number of nitrogens with zero attached hydrogens (tertiary/aromatic N) is 6. The Labute approximate surface area is 411 Å². The number of nitriles is 2. The average Bonchev–Trinajstić information content (AvgIpc) is 4.23. The van der Waals surface area contributed by atoms with E-state index in [1.165, 1.54) is 6.07 Å². The molecule has 15 rings (SSSR count). The summed E-state index contributed by atoms with van der Waals surface area (Å²) in [6, 6.07) is 68.6. The van der Waals surface area contributed by atoms with E-state index in [9.17, 15) is 10.5 Å². The number of furan rings is 1. The molecule has 0 saturated heterocycles. The number of hydrogen-bond acceptors (Lipinski definition) is 3. The van der Waals surface area contributed by atoms with Crippen molar-refractivity contribution >= 4 is 109 Å². The molecule has 0 saturated carbocycles. The van der Waals surface area contributed by atoms with Gasteiger partial charge in [0.1, 0.15) is 34.4 Å². The fraction of sp³-hybridized carbons (Fsp3) is 0.0159. The number of rotatable bonds is 4. The SMILES string of the molecule is N#Cc1c(-n2c3ccccc3c3ccccc32)c(-n2c3ccccc3c3ccccc32)c(C#N)c(-n2c3cc(C(F)(F)F)ccc3c3c4oc5ccccc5c4ccc32)c1-n1c2ccccc2c2ccccc21. The zero-order valence-electron chi connectivity index (χ0n) is 38.3. The Kier molecular flexibility index (Phi) is 8.25. The van der Waals surface area contributed by atoms with Crippen LogP contribution in [-0.2, 0) is 6.18 Å². The minimum atomic E-state index is -4.73. The fourth-order valence-electron chi connectivity index (χ4n) is 12.0. The highest BCUT2D eigenvalue weighted by molar-refractivity contribution is 6.24. The molecule has 0 atom stereocenters. The molecule has 0 fully saturated rings. The molecular formula is C63H33F3N6O. The molecule has 73 heavy (non-hydrogen) atoms. The van der Waals surface area contributed by atoms with E-state index in [2.05, 4.69) is 33.4 Å². The Morgan fingerprint density at radius 2 is 0.685 bits per heavy atom. The molecule has 0 bridgehead atoms. The summed E-state index contributed by atoms with van der Waals surface area (Å²) in [6.45, 7) is 0. The maximum Gasteiger partial charge on any atom is 0.416 e. The second-order valence-electron chi connectivity index (χ2n) is 18.5. The molecule has 5 heterocycles. The molecule has 0 radical (unpaired) electrons. The molecule has 0 N–H and O–H groups in total. The van der Waals surface area contributed by atoms with Crippen LogP contribution in [0, 0.1) is 22.7 Å². The van der Waals surface area contributed by atoms with Crippen molar-refractivity contribution in [2.75, 3.05) is 0 Å². The summed E-state index contributed by atoms with van der Waals surface area (Å²) in [7, 11) is 0. The van der Waals surface area contributed by atoms with Crippen molar-refractivity contribution in [1.29, 1.82) is 10.5 Å². The summed E-state index contributed by atoms with van der Waals surface area (Å²) >= 11 is 0. The lowest BCUT2D eigenvalue weighted by Crippen LogP contribution is -2.17. The van der Waals surface area contributed by atoms with Crippen LogP contribution in [0.5, 0.6) is 0 Å². The summed E-state index contributed by atoms with van der Waals surface area (Å²) in [6.07, 6.45) is -4.73. The van der Waals surface area contributed by atoms with Crippen molar-refractivity contribution in [3.63, 3.8) is 0 Å². The molecule has 0 spiro atoms. The minimum Gasteiger partial charge on any atom is -0.455 e. The van der Waals surface area contributed by atoms with Gasteiger partial charge in [0, 0.05) is 48.5 Å². The van der Waals surface area contributed by atoms with E-state index in [1.54, 1.807) is 4.57 Å². The van der Waals surface area contributed by atoms with Gasteiger partial charge in [-0.2, -0.15) is 23.7 Å². The zero-order chi connectivity index (χ0) is 48.9. The minimum absolute atomic E-state index is 0.125. The topological polar surface area (TPSA) is 80.4 Å². The predicted molar refractivity (Wildman–Crippen MR) is 286 cm³/mol. The van der Waals surface area contributed by atoms with E-state index in [-0.39, 0.29) is 22.3 Å². The van der Waals surface area contributed by atoms with Crippen LogP contribution in [0.4, 0.5) is 13.2 Å². The monoisotopic (exact) mass is 946 g/mol. The Morgan fingerprint density at radius 1 is 0.342 bits per heavy atom. The zero-order valence-corrected chi connectivity index (χ0v) is 38.3. The van der Waals surface area contributed by atoms with Crippen molar-refractivity contribution in [2.45, 2.75) is 6.18 Å². The largest absolute Gasteiger partial charge is 0.455 e. The third-order valence-corrected chi connectivity index (χ3v) is 14.9. The van der Waals surface area contributed by atoms with Crippen LogP contribution >= 0.6 is 0 Å². The summed E-state index contributed by atoms with van der Waals surface area (Å²) in [5.74, 6) is 0. The maximum absolute atomic E-state index is 15.3. The molecular weight excluding hydrogens is 914 g/mol. The lowest BCUT2D eigenvalue weighted by molar-refractivity contribution is -0.137. The van der Waals surface area contributed by atoms with Gasteiger partial charge in [-0.25, -0.2) is 0 Å². The van der Waals surface area contributed by atoms with E-state index in [0.717, 1.165) is 88.3 Å². The van der Waals surface area contributed by atoms with Gasteiger partial charge in [-0.1, -0.05) is 133 Å². The third-order valence-electron chi connectivity index (χ3n) is 14.9. The lowest BCUT2D eigenvalue weighted by Gasteiger charge is -2.27.